The number of aromatic nitrogens is 2. The van der Waals surface area contributed by atoms with Crippen molar-refractivity contribution in [3.8, 4) is 0 Å². The fraction of sp³-hybridized carbons (Fsp3) is 0.438. The molecule has 1 amide bonds. The van der Waals surface area contributed by atoms with Crippen LogP contribution in [0.25, 0.3) is 0 Å². The van der Waals surface area contributed by atoms with E-state index in [9.17, 15) is 4.79 Å². The van der Waals surface area contributed by atoms with Crippen molar-refractivity contribution < 1.29 is 9.32 Å². The predicted molar refractivity (Wildman–Crippen MR) is 88.1 cm³/mol. The van der Waals surface area contributed by atoms with E-state index >= 15 is 0 Å². The minimum absolute atomic E-state index is 0. The Morgan fingerprint density at radius 1 is 1.30 bits per heavy atom. The van der Waals surface area contributed by atoms with Crippen LogP contribution in [0.1, 0.15) is 36.5 Å². The van der Waals surface area contributed by atoms with E-state index in [2.05, 4.69) is 15.5 Å². The van der Waals surface area contributed by atoms with Crippen LogP contribution in [0.15, 0.2) is 34.9 Å². The summed E-state index contributed by atoms with van der Waals surface area (Å²) in [5.74, 6) is 1.09. The first-order valence-electron chi connectivity index (χ1n) is 7.58. The van der Waals surface area contributed by atoms with Crippen LogP contribution in [-0.4, -0.2) is 22.6 Å². The number of benzene rings is 1. The molecule has 0 radical (unpaired) electrons. The van der Waals surface area contributed by atoms with E-state index in [0.717, 1.165) is 24.8 Å². The van der Waals surface area contributed by atoms with Crippen molar-refractivity contribution in [3.63, 3.8) is 0 Å². The van der Waals surface area contributed by atoms with E-state index in [1.807, 2.05) is 30.3 Å². The van der Waals surface area contributed by atoms with E-state index < -0.39 is 5.54 Å². The molecule has 0 atom stereocenters. The Balaban J connectivity index is 0.00000192. The fourth-order valence-corrected chi connectivity index (χ4v) is 2.49. The zero-order valence-electron chi connectivity index (χ0n) is 12.8. The average molecular weight is 337 g/mol. The van der Waals surface area contributed by atoms with Crippen LogP contribution in [-0.2, 0) is 23.2 Å². The van der Waals surface area contributed by atoms with Gasteiger partial charge < -0.3 is 15.6 Å². The van der Waals surface area contributed by atoms with Crippen LogP contribution >= 0.6 is 12.4 Å². The number of hydrogen-bond acceptors (Lipinski definition) is 5. The van der Waals surface area contributed by atoms with Gasteiger partial charge >= 0.3 is 0 Å². The van der Waals surface area contributed by atoms with Crippen molar-refractivity contribution in [1.82, 2.24) is 15.5 Å². The van der Waals surface area contributed by atoms with E-state index in [1.54, 1.807) is 0 Å². The first-order valence-corrected chi connectivity index (χ1v) is 7.58. The Labute approximate surface area is 141 Å². The Bertz CT molecular complexity index is 641. The van der Waals surface area contributed by atoms with E-state index in [-0.39, 0.29) is 18.3 Å². The number of nitrogens with two attached hydrogens (primary N) is 1. The van der Waals surface area contributed by atoms with Gasteiger partial charge in [0.15, 0.2) is 5.82 Å². The van der Waals surface area contributed by atoms with Gasteiger partial charge in [-0.2, -0.15) is 4.98 Å². The third kappa shape index (κ3) is 4.30. The zero-order chi connectivity index (χ0) is 15.4. The van der Waals surface area contributed by atoms with Crippen molar-refractivity contribution in [2.45, 2.75) is 37.6 Å². The molecule has 6 nitrogen and oxygen atoms in total. The second-order valence-electron chi connectivity index (χ2n) is 5.78. The van der Waals surface area contributed by atoms with Gasteiger partial charge in [-0.25, -0.2) is 0 Å². The van der Waals surface area contributed by atoms with Crippen molar-refractivity contribution in [2.75, 3.05) is 6.54 Å². The van der Waals surface area contributed by atoms with Crippen LogP contribution in [0, 0.1) is 0 Å². The molecule has 2 aromatic rings. The molecule has 0 spiro atoms. The minimum atomic E-state index is -0.404. The van der Waals surface area contributed by atoms with Crippen LogP contribution in [0.3, 0.4) is 0 Å². The van der Waals surface area contributed by atoms with Gasteiger partial charge in [-0.15, -0.1) is 12.4 Å². The molecule has 1 aliphatic carbocycles. The van der Waals surface area contributed by atoms with Crippen LogP contribution in [0.4, 0.5) is 0 Å². The lowest BCUT2D eigenvalue weighted by molar-refractivity contribution is -0.120. The molecule has 1 fully saturated rings. The maximum absolute atomic E-state index is 11.8. The van der Waals surface area contributed by atoms with Crippen LogP contribution < -0.4 is 11.1 Å². The summed E-state index contributed by atoms with van der Waals surface area (Å²) in [6.45, 7) is 0.477. The third-order valence-electron chi connectivity index (χ3n) is 4.03. The molecule has 0 aliphatic heterocycles. The summed E-state index contributed by atoms with van der Waals surface area (Å²) in [5.41, 5.74) is 6.74. The number of halogens is 1. The quantitative estimate of drug-likeness (QED) is 0.837. The van der Waals surface area contributed by atoms with Crippen molar-refractivity contribution in [1.29, 1.82) is 0 Å². The molecule has 1 aromatic carbocycles. The Morgan fingerprint density at radius 3 is 2.70 bits per heavy atom. The Kier molecular flexibility index (Phi) is 5.74. The van der Waals surface area contributed by atoms with E-state index in [1.165, 1.54) is 0 Å². The number of carbonyl (C=O) groups excluding carboxylic acids is 1. The van der Waals surface area contributed by atoms with Crippen molar-refractivity contribution >= 4 is 18.3 Å². The second-order valence-corrected chi connectivity index (χ2v) is 5.78. The molecule has 23 heavy (non-hydrogen) atoms. The number of hydrogen-bond donors (Lipinski definition) is 2. The van der Waals surface area contributed by atoms with Crippen LogP contribution in [0.2, 0.25) is 0 Å². The SMILES string of the molecule is Cl.NC1(c2noc(CCNC(=O)Cc3ccccc3)n2)CCC1. The minimum Gasteiger partial charge on any atom is -0.355 e. The van der Waals surface area contributed by atoms with Gasteiger partial charge in [-0.3, -0.25) is 4.79 Å². The molecule has 1 saturated carbocycles. The highest BCUT2D eigenvalue weighted by Crippen LogP contribution is 2.36. The maximum atomic E-state index is 11.8. The van der Waals surface area contributed by atoms with Gasteiger partial charge in [-0.05, 0) is 24.8 Å². The summed E-state index contributed by atoms with van der Waals surface area (Å²) < 4.78 is 5.19. The smallest absolute Gasteiger partial charge is 0.228 e. The summed E-state index contributed by atoms with van der Waals surface area (Å²) in [5, 5.41) is 6.81. The van der Waals surface area contributed by atoms with Crippen molar-refractivity contribution in [3.05, 3.63) is 47.6 Å². The zero-order valence-corrected chi connectivity index (χ0v) is 13.6. The highest BCUT2D eigenvalue weighted by Gasteiger charge is 2.38. The molecule has 1 heterocycles. The van der Waals surface area contributed by atoms with Crippen molar-refractivity contribution in [2.24, 2.45) is 5.73 Å². The Morgan fingerprint density at radius 2 is 2.04 bits per heavy atom. The number of carbonyl (C=O) groups is 1. The fourth-order valence-electron chi connectivity index (χ4n) is 2.49. The molecule has 3 rings (SSSR count). The topological polar surface area (TPSA) is 94.0 Å². The van der Waals surface area contributed by atoms with Crippen LogP contribution in [0.5, 0.6) is 0 Å². The standard InChI is InChI=1S/C16H20N4O2.ClH/c17-16(8-4-9-16)15-19-14(22-20-15)7-10-18-13(21)11-12-5-2-1-3-6-12;/h1-3,5-6H,4,7-11,17H2,(H,18,21);1H. The molecule has 7 heteroatoms. The normalized spacial score (nSPS) is 15.3. The summed E-state index contributed by atoms with van der Waals surface area (Å²) in [7, 11) is 0. The van der Waals surface area contributed by atoms with Gasteiger partial charge in [0.1, 0.15) is 0 Å². The number of nitrogens with one attached hydrogen (secondary N) is 1. The number of nitrogens with zero attached hydrogens (tertiary/aromatic N) is 2. The average Bonchev–Trinajstić information content (AvgIpc) is 2.95. The monoisotopic (exact) mass is 336 g/mol. The molecule has 1 aliphatic rings. The molecule has 3 N–H and O–H groups in total. The lowest BCUT2D eigenvalue weighted by atomic mass is 9.77. The molecule has 0 saturated heterocycles. The summed E-state index contributed by atoms with van der Waals surface area (Å²) in [6, 6.07) is 9.64. The molecule has 1 aromatic heterocycles. The first kappa shape index (κ1) is 17.4. The first-order chi connectivity index (χ1) is 10.7. The maximum Gasteiger partial charge on any atom is 0.228 e. The molecular weight excluding hydrogens is 316 g/mol. The van der Waals surface area contributed by atoms with Gasteiger partial charge in [0, 0.05) is 13.0 Å². The van der Waals surface area contributed by atoms with Gasteiger partial charge in [0.05, 0.1) is 12.0 Å². The van der Waals surface area contributed by atoms with Gasteiger partial charge in [0.2, 0.25) is 11.8 Å². The predicted octanol–water partition coefficient (Wildman–Crippen LogP) is 1.73. The summed E-state index contributed by atoms with van der Waals surface area (Å²) in [4.78, 5) is 16.2. The number of rotatable bonds is 6. The lowest BCUT2D eigenvalue weighted by Gasteiger charge is -2.34. The van der Waals surface area contributed by atoms with E-state index in [4.69, 9.17) is 10.3 Å². The largest absolute Gasteiger partial charge is 0.355 e. The molecule has 0 bridgehead atoms. The molecular formula is C16H21ClN4O2. The molecule has 124 valence electrons. The highest BCUT2D eigenvalue weighted by molar-refractivity contribution is 5.85. The Hall–Kier alpha value is -1.92. The lowest BCUT2D eigenvalue weighted by Crippen LogP contribution is -2.44. The van der Waals surface area contributed by atoms with E-state index in [0.29, 0.717) is 31.1 Å². The highest BCUT2D eigenvalue weighted by atomic mass is 35.5. The second kappa shape index (κ2) is 7.57. The van der Waals surface area contributed by atoms with Gasteiger partial charge in [0.25, 0.3) is 0 Å². The summed E-state index contributed by atoms with van der Waals surface area (Å²) >= 11 is 0. The summed E-state index contributed by atoms with van der Waals surface area (Å²) in [6.07, 6.45) is 3.81. The van der Waals surface area contributed by atoms with Gasteiger partial charge in [-0.1, -0.05) is 35.5 Å². The molecule has 0 unspecified atom stereocenters. The number of amides is 1. The third-order valence-corrected chi connectivity index (χ3v) is 4.03.